The topological polar surface area (TPSA) is 37.0 Å². The van der Waals surface area contributed by atoms with Crippen molar-refractivity contribution in [2.24, 2.45) is 0 Å². The third-order valence-corrected chi connectivity index (χ3v) is 9.21. The first-order valence-electron chi connectivity index (χ1n) is 9.42. The summed E-state index contributed by atoms with van der Waals surface area (Å²) in [6.45, 7) is 6.02. The van der Waals surface area contributed by atoms with Crippen LogP contribution in [-0.4, -0.2) is 57.6 Å². The molecule has 0 spiro atoms. The number of hydrogen-bond donors (Lipinski definition) is 2. The summed E-state index contributed by atoms with van der Waals surface area (Å²) < 4.78 is 3.02. The Morgan fingerprint density at radius 2 is 1.11 bits per heavy atom. The third kappa shape index (κ3) is 2.51. The molecule has 2 saturated heterocycles. The first-order valence-corrected chi connectivity index (χ1v) is 11.7. The van der Waals surface area contributed by atoms with Gasteiger partial charge in [0.05, 0.1) is 0 Å². The van der Waals surface area contributed by atoms with Crippen molar-refractivity contribution >= 4 is 31.0 Å². The number of para-hydroxylation sites is 4. The number of rotatable bonds is 0. The molecule has 2 bridgehead atoms. The van der Waals surface area contributed by atoms with Crippen molar-refractivity contribution in [2.45, 2.75) is 0 Å². The molecule has 2 N–H and O–H groups in total. The van der Waals surface area contributed by atoms with E-state index in [2.05, 4.69) is 78.8 Å². The van der Waals surface area contributed by atoms with Gasteiger partial charge in [-0.2, -0.15) is 0 Å². The summed E-state index contributed by atoms with van der Waals surface area (Å²) in [5.41, 5.74) is 5.12. The SMILES string of the molecule is c1ccc2c(c1)NCN1CCN3[C]1=[Pt]=[C]1N(CCN12)CNc1ccccc13. The molecule has 0 aliphatic carbocycles. The summed E-state index contributed by atoms with van der Waals surface area (Å²) in [4.78, 5) is 10.2. The fourth-order valence-corrected chi connectivity index (χ4v) is 7.86. The molecule has 2 fully saturated rings. The second-order valence-corrected chi connectivity index (χ2v) is 9.70. The van der Waals surface area contributed by atoms with Crippen LogP contribution in [-0.2, 0) is 17.6 Å². The summed E-state index contributed by atoms with van der Waals surface area (Å²) in [7, 11) is 0. The van der Waals surface area contributed by atoms with Crippen molar-refractivity contribution in [3.05, 3.63) is 48.5 Å². The van der Waals surface area contributed by atoms with Crippen molar-refractivity contribution in [3.63, 3.8) is 0 Å². The molecule has 0 radical (unpaired) electrons. The van der Waals surface area contributed by atoms with Crippen LogP contribution in [0.25, 0.3) is 0 Å². The Kier molecular flexibility index (Phi) is 3.71. The summed E-state index contributed by atoms with van der Waals surface area (Å²) in [5.74, 6) is 0. The van der Waals surface area contributed by atoms with Crippen LogP contribution in [0.3, 0.4) is 0 Å². The molecule has 142 valence electrons. The number of anilines is 4. The summed E-state index contributed by atoms with van der Waals surface area (Å²) >= 11 is -0.296. The molecule has 6 nitrogen and oxygen atoms in total. The molecule has 4 heterocycles. The van der Waals surface area contributed by atoms with E-state index in [0.29, 0.717) is 0 Å². The molecule has 0 unspecified atom stereocenters. The number of benzene rings is 2. The molecule has 27 heavy (non-hydrogen) atoms. The maximum absolute atomic E-state index is 3.72. The predicted octanol–water partition coefficient (Wildman–Crippen LogP) is 1.65. The summed E-state index contributed by atoms with van der Waals surface area (Å²) in [5, 5.41) is 7.43. The van der Waals surface area contributed by atoms with E-state index in [4.69, 9.17) is 0 Å². The molecule has 7 heteroatoms. The fraction of sp³-hybridized carbons (Fsp3) is 0.300. The molecule has 2 aromatic rings. The summed E-state index contributed by atoms with van der Waals surface area (Å²) in [6.07, 6.45) is 0. The van der Waals surface area contributed by atoms with Gasteiger partial charge in [0, 0.05) is 0 Å². The standard InChI is InChI=1S/C20H22N6.Pt/c1-3-7-19-17(5-1)21-13-23-10-12-26(16-23)20-8-4-2-6-18(20)22-14-24-9-11-25(19)15-24;/h1-8,21-22H,9-14H2;. The number of hydrogen-bond acceptors (Lipinski definition) is 6. The van der Waals surface area contributed by atoms with Gasteiger partial charge in [-0.1, -0.05) is 0 Å². The van der Waals surface area contributed by atoms with Crippen LogP contribution in [0.1, 0.15) is 0 Å². The van der Waals surface area contributed by atoms with Crippen molar-refractivity contribution in [3.8, 4) is 0 Å². The van der Waals surface area contributed by atoms with Crippen LogP contribution < -0.4 is 20.4 Å². The van der Waals surface area contributed by atoms with Crippen LogP contribution >= 0.6 is 0 Å². The van der Waals surface area contributed by atoms with Gasteiger partial charge in [0.15, 0.2) is 0 Å². The molecule has 0 atom stereocenters. The van der Waals surface area contributed by atoms with Gasteiger partial charge in [-0.15, -0.1) is 0 Å². The first-order chi connectivity index (χ1) is 13.4. The zero-order valence-corrected chi connectivity index (χ0v) is 17.2. The molecule has 0 saturated carbocycles. The Balaban J connectivity index is 1.59. The quantitative estimate of drug-likeness (QED) is 0.529. The second kappa shape index (κ2) is 6.26. The number of nitrogens with zero attached hydrogens (tertiary/aromatic N) is 4. The van der Waals surface area contributed by atoms with Gasteiger partial charge in [-0.3, -0.25) is 0 Å². The Morgan fingerprint density at radius 1 is 0.630 bits per heavy atom. The van der Waals surface area contributed by atoms with Gasteiger partial charge < -0.3 is 0 Å². The number of nitrogens with one attached hydrogen (secondary N) is 2. The van der Waals surface area contributed by atoms with Gasteiger partial charge in [0.1, 0.15) is 0 Å². The molecule has 0 amide bonds. The van der Waals surface area contributed by atoms with Crippen molar-refractivity contribution in [1.29, 1.82) is 0 Å². The van der Waals surface area contributed by atoms with Crippen LogP contribution in [0.15, 0.2) is 48.5 Å². The van der Waals surface area contributed by atoms with Crippen LogP contribution in [0, 0.1) is 0 Å². The average Bonchev–Trinajstić information content (AvgIpc) is 3.30. The van der Waals surface area contributed by atoms with E-state index in [-0.39, 0.29) is 17.6 Å². The van der Waals surface area contributed by atoms with Gasteiger partial charge >= 0.3 is 167 Å². The Bertz CT molecular complexity index is 906. The van der Waals surface area contributed by atoms with Gasteiger partial charge in [0.25, 0.3) is 0 Å². The van der Waals surface area contributed by atoms with Gasteiger partial charge in [-0.05, 0) is 0 Å². The van der Waals surface area contributed by atoms with Gasteiger partial charge in [0.2, 0.25) is 0 Å². The van der Waals surface area contributed by atoms with Crippen LogP contribution in [0.2, 0.25) is 0 Å². The Labute approximate surface area is 166 Å². The molecule has 4 aliphatic rings. The molecule has 0 aromatic heterocycles. The number of fused-ring (bicyclic) bond motifs is 4. The van der Waals surface area contributed by atoms with E-state index >= 15 is 0 Å². The zero-order chi connectivity index (χ0) is 17.8. The average molecular weight is 542 g/mol. The van der Waals surface area contributed by atoms with E-state index in [1.54, 1.807) is 0 Å². The van der Waals surface area contributed by atoms with Gasteiger partial charge in [-0.25, -0.2) is 0 Å². The van der Waals surface area contributed by atoms with E-state index in [1.807, 2.05) is 0 Å². The van der Waals surface area contributed by atoms with E-state index < -0.39 is 0 Å². The van der Waals surface area contributed by atoms with Crippen molar-refractivity contribution < 1.29 is 17.6 Å². The van der Waals surface area contributed by atoms with Crippen molar-refractivity contribution in [1.82, 2.24) is 9.80 Å². The summed E-state index contributed by atoms with van der Waals surface area (Å²) in [6, 6.07) is 17.5. The second-order valence-electron chi connectivity index (χ2n) is 7.10. The third-order valence-electron chi connectivity index (χ3n) is 5.53. The van der Waals surface area contributed by atoms with Crippen LogP contribution in [0.4, 0.5) is 22.7 Å². The molecule has 2 aromatic carbocycles. The minimum atomic E-state index is -0.296. The van der Waals surface area contributed by atoms with Crippen LogP contribution in [0.5, 0.6) is 0 Å². The molecular weight excluding hydrogens is 519 g/mol. The zero-order valence-electron chi connectivity index (χ0n) is 15.0. The molecule has 6 rings (SSSR count). The van der Waals surface area contributed by atoms with E-state index in [0.717, 1.165) is 39.5 Å². The minimum absolute atomic E-state index is 0.296. The van der Waals surface area contributed by atoms with E-state index in [9.17, 15) is 0 Å². The normalized spacial score (nSPS) is 22.1. The Morgan fingerprint density at radius 3 is 1.63 bits per heavy atom. The predicted molar refractivity (Wildman–Crippen MR) is 108 cm³/mol. The van der Waals surface area contributed by atoms with Crippen molar-refractivity contribution in [2.75, 3.05) is 59.9 Å². The fourth-order valence-electron chi connectivity index (χ4n) is 4.15. The first kappa shape index (κ1) is 16.0. The van der Waals surface area contributed by atoms with E-state index in [1.165, 1.54) is 31.0 Å². The maximum atomic E-state index is 3.72. The molecule has 4 aliphatic heterocycles. The Hall–Kier alpha value is -2.01. The monoisotopic (exact) mass is 541 g/mol. The molecular formula is C20H22N6Pt.